The maximum atomic E-state index is 13.3. The van der Waals surface area contributed by atoms with E-state index in [1.165, 1.54) is 13.8 Å². The fraction of sp³-hybridized carbons (Fsp3) is 0.636. The first-order chi connectivity index (χ1) is 21.3. The predicted octanol–water partition coefficient (Wildman–Crippen LogP) is 4.09. The van der Waals surface area contributed by atoms with Crippen molar-refractivity contribution in [3.05, 3.63) is 35.1 Å². The second kappa shape index (κ2) is 11.4. The standard InChI is InChI=1S/C33H43NO12/c1-17(40-26(35)18(2)41-28(37)45-30(3,4)5)27(36)42-21-12-13-33(39)22-16-19-10-11-20(43-29(38)46-31(6,7)8)24-23(19)32(33,25(21)44-24)14-15-34(22)9/h10-12,17-18,22,25,39H,13-16H2,1-9H3. The third-order valence-corrected chi connectivity index (χ3v) is 8.76. The summed E-state index contributed by atoms with van der Waals surface area (Å²) in [4.78, 5) is 52.6. The van der Waals surface area contributed by atoms with Gasteiger partial charge >= 0.3 is 24.2 Å². The molecule has 6 atom stereocenters. The lowest BCUT2D eigenvalue weighted by Crippen LogP contribution is -2.74. The molecule has 0 aromatic heterocycles. The van der Waals surface area contributed by atoms with Crippen LogP contribution < -0.4 is 9.47 Å². The molecule has 5 rings (SSSR count). The van der Waals surface area contributed by atoms with E-state index in [9.17, 15) is 24.3 Å². The topological polar surface area (TPSA) is 156 Å². The Kier molecular flexibility index (Phi) is 8.34. The highest BCUT2D eigenvalue weighted by atomic mass is 16.7. The van der Waals surface area contributed by atoms with Crippen LogP contribution in [-0.2, 0) is 45.1 Å². The van der Waals surface area contributed by atoms with Crippen molar-refractivity contribution in [2.24, 2.45) is 0 Å². The van der Waals surface area contributed by atoms with Gasteiger partial charge in [0.05, 0.1) is 11.0 Å². The Morgan fingerprint density at radius 3 is 2.22 bits per heavy atom. The monoisotopic (exact) mass is 645 g/mol. The van der Waals surface area contributed by atoms with Crippen LogP contribution >= 0.6 is 0 Å². The van der Waals surface area contributed by atoms with Crippen molar-refractivity contribution < 1.29 is 57.4 Å². The van der Waals surface area contributed by atoms with Gasteiger partial charge in [-0.2, -0.15) is 0 Å². The van der Waals surface area contributed by atoms with E-state index >= 15 is 0 Å². The molecule has 1 saturated heterocycles. The number of hydrogen-bond acceptors (Lipinski definition) is 13. The van der Waals surface area contributed by atoms with Crippen LogP contribution in [0.2, 0.25) is 0 Å². The van der Waals surface area contributed by atoms with E-state index in [2.05, 4.69) is 4.90 Å². The Bertz CT molecular complexity index is 1470. The van der Waals surface area contributed by atoms with Gasteiger partial charge in [0.2, 0.25) is 0 Å². The number of carbonyl (C=O) groups is 4. The normalized spacial score (nSPS) is 27.6. The van der Waals surface area contributed by atoms with E-state index in [0.717, 1.165) is 11.1 Å². The number of hydrogen-bond donors (Lipinski definition) is 1. The Balaban J connectivity index is 1.38. The largest absolute Gasteiger partial charge is 0.514 e. The molecule has 0 amide bonds. The van der Waals surface area contributed by atoms with Gasteiger partial charge in [-0.1, -0.05) is 6.07 Å². The number of aliphatic hydroxyl groups is 1. The zero-order chi connectivity index (χ0) is 34.0. The van der Waals surface area contributed by atoms with Crippen molar-refractivity contribution in [2.45, 2.75) is 121 Å². The lowest BCUT2D eigenvalue weighted by atomic mass is 9.50. The average molecular weight is 646 g/mol. The average Bonchev–Trinajstić information content (AvgIpc) is 3.27. The van der Waals surface area contributed by atoms with Crippen LogP contribution in [0.5, 0.6) is 11.5 Å². The van der Waals surface area contributed by atoms with E-state index in [1.807, 2.05) is 13.1 Å². The van der Waals surface area contributed by atoms with Crippen LogP contribution in [0.1, 0.15) is 79.4 Å². The molecule has 2 aliphatic heterocycles. The van der Waals surface area contributed by atoms with Crippen molar-refractivity contribution in [3.8, 4) is 11.5 Å². The van der Waals surface area contributed by atoms with Gasteiger partial charge in [-0.3, -0.25) is 0 Å². The number of benzene rings is 1. The molecule has 4 aliphatic rings. The zero-order valence-electron chi connectivity index (χ0n) is 27.8. The number of likely N-dealkylation sites (N-methyl/N-ethyl adjacent to an activating group) is 1. The number of rotatable bonds is 6. The maximum absolute atomic E-state index is 13.3. The Morgan fingerprint density at radius 2 is 1.57 bits per heavy atom. The molecule has 6 unspecified atom stereocenters. The van der Waals surface area contributed by atoms with Crippen molar-refractivity contribution >= 4 is 24.2 Å². The van der Waals surface area contributed by atoms with E-state index < -0.39 is 64.8 Å². The van der Waals surface area contributed by atoms with Crippen LogP contribution in [-0.4, -0.2) is 89.0 Å². The summed E-state index contributed by atoms with van der Waals surface area (Å²) in [6, 6.07) is 3.26. The summed E-state index contributed by atoms with van der Waals surface area (Å²) in [7, 11) is 1.97. The van der Waals surface area contributed by atoms with Crippen LogP contribution in [0, 0.1) is 0 Å². The van der Waals surface area contributed by atoms with E-state index in [4.69, 9.17) is 33.2 Å². The first kappa shape index (κ1) is 33.5. The molecular weight excluding hydrogens is 602 g/mol. The van der Waals surface area contributed by atoms with E-state index in [-0.39, 0.29) is 29.7 Å². The van der Waals surface area contributed by atoms with Crippen molar-refractivity contribution in [1.82, 2.24) is 4.90 Å². The first-order valence-corrected chi connectivity index (χ1v) is 15.4. The molecule has 0 saturated carbocycles. The van der Waals surface area contributed by atoms with Crippen LogP contribution in [0.25, 0.3) is 0 Å². The number of likely N-dealkylation sites (tertiary alicyclic amines) is 1. The highest BCUT2D eigenvalue weighted by Crippen LogP contribution is 2.65. The number of piperidine rings is 1. The summed E-state index contributed by atoms with van der Waals surface area (Å²) >= 11 is 0. The van der Waals surface area contributed by atoms with Gasteiger partial charge in [-0.15, -0.1) is 0 Å². The zero-order valence-corrected chi connectivity index (χ0v) is 27.8. The minimum atomic E-state index is -1.38. The predicted molar refractivity (Wildman–Crippen MR) is 160 cm³/mol. The van der Waals surface area contributed by atoms with Gasteiger partial charge in [0.15, 0.2) is 29.8 Å². The van der Waals surface area contributed by atoms with Gasteiger partial charge in [-0.05, 0) is 99.5 Å². The van der Waals surface area contributed by atoms with Gasteiger partial charge in [0.25, 0.3) is 0 Å². The summed E-state index contributed by atoms with van der Waals surface area (Å²) < 4.78 is 38.6. The van der Waals surface area contributed by atoms with Crippen LogP contribution in [0.4, 0.5) is 9.59 Å². The third kappa shape index (κ3) is 5.90. The lowest BCUT2D eigenvalue weighted by Gasteiger charge is -2.61. The Hall–Kier alpha value is -3.84. The highest BCUT2D eigenvalue weighted by molar-refractivity contribution is 5.82. The number of nitrogens with zero attached hydrogens (tertiary/aromatic N) is 1. The van der Waals surface area contributed by atoms with Gasteiger partial charge in [0.1, 0.15) is 17.0 Å². The molecule has 1 spiro atoms. The molecule has 2 bridgehead atoms. The second-order valence-corrected chi connectivity index (χ2v) is 14.4. The molecule has 1 aromatic carbocycles. The van der Waals surface area contributed by atoms with Gasteiger partial charge < -0.3 is 43.2 Å². The minimum absolute atomic E-state index is 0.128. The summed E-state index contributed by atoms with van der Waals surface area (Å²) in [5.74, 6) is -1.30. The summed E-state index contributed by atoms with van der Waals surface area (Å²) in [6.45, 7) is 13.4. The fourth-order valence-corrected chi connectivity index (χ4v) is 6.85. The Labute approximate surface area is 268 Å². The SMILES string of the molecule is CC(OC(=O)OC(C)(C)C)C(=O)OC(C)C(=O)OC1=CCC2(O)C3Cc4ccc(OC(=O)OC(C)(C)C)c5c4C2(CCN3C)C1O5. The smallest absolute Gasteiger partial charge is 0.477 e. The molecule has 2 heterocycles. The molecule has 252 valence electrons. The number of esters is 2. The quantitative estimate of drug-likeness (QED) is 0.268. The number of ether oxygens (including phenoxy) is 7. The number of carbonyl (C=O) groups excluding carboxylic acids is 4. The maximum Gasteiger partial charge on any atom is 0.514 e. The summed E-state index contributed by atoms with van der Waals surface area (Å²) in [6.07, 6.45) is -2.83. The van der Waals surface area contributed by atoms with Crippen molar-refractivity contribution in [1.29, 1.82) is 0 Å². The van der Waals surface area contributed by atoms with Gasteiger partial charge in [-0.25, -0.2) is 19.2 Å². The second-order valence-electron chi connectivity index (χ2n) is 14.4. The molecule has 2 aliphatic carbocycles. The molecule has 0 radical (unpaired) electrons. The molecule has 1 aromatic rings. The molecule has 46 heavy (non-hydrogen) atoms. The molecular formula is C33H43NO12. The fourth-order valence-electron chi connectivity index (χ4n) is 6.85. The first-order valence-electron chi connectivity index (χ1n) is 15.4. The molecule has 13 heteroatoms. The lowest BCUT2D eigenvalue weighted by molar-refractivity contribution is -0.178. The van der Waals surface area contributed by atoms with Crippen molar-refractivity contribution in [3.63, 3.8) is 0 Å². The highest BCUT2D eigenvalue weighted by Gasteiger charge is 2.72. The Morgan fingerprint density at radius 1 is 0.935 bits per heavy atom. The van der Waals surface area contributed by atoms with Crippen LogP contribution in [0.15, 0.2) is 24.0 Å². The molecule has 1 N–H and O–H groups in total. The summed E-state index contributed by atoms with van der Waals surface area (Å²) in [5.41, 5.74) is -2.25. The molecule has 1 fully saturated rings. The van der Waals surface area contributed by atoms with Crippen molar-refractivity contribution in [2.75, 3.05) is 13.6 Å². The van der Waals surface area contributed by atoms with E-state index in [1.54, 1.807) is 53.7 Å². The minimum Gasteiger partial charge on any atom is -0.477 e. The van der Waals surface area contributed by atoms with Crippen LogP contribution in [0.3, 0.4) is 0 Å². The van der Waals surface area contributed by atoms with Gasteiger partial charge in [0, 0.05) is 18.0 Å². The molecule has 13 nitrogen and oxygen atoms in total. The third-order valence-electron chi connectivity index (χ3n) is 8.76. The van der Waals surface area contributed by atoms with E-state index in [0.29, 0.717) is 19.4 Å². The summed E-state index contributed by atoms with van der Waals surface area (Å²) in [5, 5.41) is 12.4.